The number of halogens is 5. The molecular formula is C4H7F5. The molecule has 9 heavy (non-hydrogen) atoms. The maximum atomic E-state index is 11.1. The van der Waals surface area contributed by atoms with Gasteiger partial charge in [-0.25, -0.2) is 0 Å². The third-order valence-electron chi connectivity index (χ3n) is 0.498. The van der Waals surface area contributed by atoms with Crippen molar-refractivity contribution in [2.45, 2.75) is 26.4 Å². The predicted octanol–water partition coefficient (Wildman–Crippen LogP) is 2.84. The van der Waals surface area contributed by atoms with Crippen LogP contribution in [0.5, 0.6) is 0 Å². The summed E-state index contributed by atoms with van der Waals surface area (Å²) in [4.78, 5) is 0. The zero-order chi connectivity index (χ0) is 7.00. The van der Waals surface area contributed by atoms with Crippen molar-refractivity contribution in [2.24, 2.45) is 0 Å². The van der Waals surface area contributed by atoms with E-state index in [1.54, 1.807) is 0 Å². The zero-order valence-electron chi connectivity index (χ0n) is 3.89. The topological polar surface area (TPSA) is 0 Å². The van der Waals surface area contributed by atoms with Gasteiger partial charge in [0.05, 0.1) is 0 Å². The van der Waals surface area contributed by atoms with Crippen molar-refractivity contribution < 1.29 is 22.0 Å². The van der Waals surface area contributed by atoms with Crippen molar-refractivity contribution in [1.29, 1.82) is 0 Å². The quantitative estimate of drug-likeness (QED) is 0.466. The summed E-state index contributed by atoms with van der Waals surface area (Å²) < 4.78 is 54.6. The van der Waals surface area contributed by atoms with Crippen LogP contribution in [0.15, 0.2) is 0 Å². The molecule has 0 rings (SSSR count). The van der Waals surface area contributed by atoms with Crippen LogP contribution in [0.1, 0.15) is 14.4 Å². The van der Waals surface area contributed by atoms with E-state index in [4.69, 9.17) is 0 Å². The second-order valence-corrected chi connectivity index (χ2v) is 1.39. The molecule has 0 aromatic carbocycles. The van der Waals surface area contributed by atoms with Gasteiger partial charge in [0.15, 0.2) is 0 Å². The molecule has 0 aliphatic carbocycles. The molecule has 0 N–H and O–H groups in total. The Labute approximate surface area is 49.7 Å². The molecule has 0 amide bonds. The van der Waals surface area contributed by atoms with Gasteiger partial charge in [0.1, 0.15) is 0 Å². The van der Waals surface area contributed by atoms with Gasteiger partial charge >= 0.3 is 12.1 Å². The Kier molecular flexibility index (Phi) is 3.17. The van der Waals surface area contributed by atoms with E-state index in [0.717, 1.165) is 0 Å². The monoisotopic (exact) mass is 150 g/mol. The molecule has 5 heteroatoms. The van der Waals surface area contributed by atoms with Crippen LogP contribution in [0.25, 0.3) is 0 Å². The second kappa shape index (κ2) is 2.49. The van der Waals surface area contributed by atoms with Crippen molar-refractivity contribution in [1.82, 2.24) is 0 Å². The zero-order valence-corrected chi connectivity index (χ0v) is 3.89. The molecule has 0 saturated carbocycles. The normalized spacial score (nSPS) is 12.7. The molecule has 0 radical (unpaired) electrons. The fraction of sp³-hybridized carbons (Fsp3) is 1.00. The maximum Gasteiger partial charge on any atom is 0.452 e. The van der Waals surface area contributed by atoms with Crippen molar-refractivity contribution in [2.75, 3.05) is 0 Å². The fourth-order valence-corrected chi connectivity index (χ4v) is 0. The third-order valence-corrected chi connectivity index (χ3v) is 0.498. The van der Waals surface area contributed by atoms with Crippen molar-refractivity contribution in [3.05, 3.63) is 0 Å². The van der Waals surface area contributed by atoms with Crippen molar-refractivity contribution in [3.8, 4) is 0 Å². The van der Waals surface area contributed by atoms with E-state index < -0.39 is 12.1 Å². The minimum atomic E-state index is -5.40. The van der Waals surface area contributed by atoms with E-state index in [0.29, 0.717) is 0 Å². The van der Waals surface area contributed by atoms with Crippen LogP contribution in [-0.2, 0) is 0 Å². The van der Waals surface area contributed by atoms with Gasteiger partial charge in [-0.3, -0.25) is 0 Å². The van der Waals surface area contributed by atoms with Crippen LogP contribution in [0, 0.1) is 0 Å². The highest BCUT2D eigenvalue weighted by molar-refractivity contribution is 4.67. The summed E-state index contributed by atoms with van der Waals surface area (Å²) in [5, 5.41) is 0. The Hall–Kier alpha value is -0.350. The first-order chi connectivity index (χ1) is 3.25. The lowest BCUT2D eigenvalue weighted by molar-refractivity contribution is -0.273. The van der Waals surface area contributed by atoms with E-state index in [1.807, 2.05) is 0 Å². The molecule has 0 nitrogen and oxygen atoms in total. The molecule has 0 bridgehead atoms. The first-order valence-corrected chi connectivity index (χ1v) is 1.69. The van der Waals surface area contributed by atoms with Gasteiger partial charge in [0.2, 0.25) is 0 Å². The van der Waals surface area contributed by atoms with Gasteiger partial charge in [0.25, 0.3) is 0 Å². The van der Waals surface area contributed by atoms with Gasteiger partial charge in [-0.15, -0.1) is 0 Å². The number of rotatable bonds is 0. The molecule has 0 aromatic heterocycles. The van der Waals surface area contributed by atoms with Crippen LogP contribution in [0.2, 0.25) is 0 Å². The lowest BCUT2D eigenvalue weighted by atomic mass is 10.4. The van der Waals surface area contributed by atoms with Crippen molar-refractivity contribution in [3.63, 3.8) is 0 Å². The smallest absolute Gasteiger partial charge is 0.197 e. The molecule has 0 aliphatic rings. The summed E-state index contributed by atoms with van der Waals surface area (Å²) in [5.74, 6) is -4.56. The largest absolute Gasteiger partial charge is 0.452 e. The molecule has 0 spiro atoms. The summed E-state index contributed by atoms with van der Waals surface area (Å²) in [6.07, 6.45) is -5.40. The van der Waals surface area contributed by atoms with E-state index in [-0.39, 0.29) is 14.4 Å². The van der Waals surface area contributed by atoms with E-state index in [9.17, 15) is 22.0 Å². The van der Waals surface area contributed by atoms with Gasteiger partial charge in [0, 0.05) is 6.92 Å². The van der Waals surface area contributed by atoms with E-state index in [1.165, 1.54) is 0 Å². The molecule has 58 valence electrons. The fourth-order valence-electron chi connectivity index (χ4n) is 0. The Morgan fingerprint density at radius 2 is 1.00 bits per heavy atom. The lowest BCUT2D eigenvalue weighted by Crippen LogP contribution is -2.32. The summed E-state index contributed by atoms with van der Waals surface area (Å²) in [6, 6.07) is 0. The minimum Gasteiger partial charge on any atom is -0.197 e. The Bertz CT molecular complexity index is 63.9. The summed E-state index contributed by atoms with van der Waals surface area (Å²) in [6.45, 7) is -0.188. The van der Waals surface area contributed by atoms with Crippen LogP contribution in [-0.4, -0.2) is 12.1 Å². The maximum absolute atomic E-state index is 11.1. The highest BCUT2D eigenvalue weighted by atomic mass is 19.4. The summed E-state index contributed by atoms with van der Waals surface area (Å²) >= 11 is 0. The van der Waals surface area contributed by atoms with Crippen LogP contribution in [0.3, 0.4) is 0 Å². The second-order valence-electron chi connectivity index (χ2n) is 1.39. The molecule has 0 aliphatic heterocycles. The van der Waals surface area contributed by atoms with Crippen molar-refractivity contribution >= 4 is 0 Å². The molecule has 0 aromatic rings. The summed E-state index contributed by atoms with van der Waals surface area (Å²) in [7, 11) is 0. The predicted molar refractivity (Wildman–Crippen MR) is 23.4 cm³/mol. The summed E-state index contributed by atoms with van der Waals surface area (Å²) in [5.41, 5.74) is 0. The SMILES string of the molecule is C.CC(F)(F)C(F)(F)F. The molecule has 0 fully saturated rings. The van der Waals surface area contributed by atoms with Gasteiger partial charge in [-0.1, -0.05) is 7.43 Å². The Balaban J connectivity index is 0. The third kappa shape index (κ3) is 3.26. The minimum absolute atomic E-state index is 0. The molecule has 0 saturated heterocycles. The standard InChI is InChI=1S/C3H3F5.CH4/c1-2(4,5)3(6,7)8;/h1H3;1H4. The van der Waals surface area contributed by atoms with Gasteiger partial charge in [-0.2, -0.15) is 22.0 Å². The Morgan fingerprint density at radius 1 is 0.889 bits per heavy atom. The Morgan fingerprint density at radius 3 is 1.00 bits per heavy atom. The highest BCUT2D eigenvalue weighted by Crippen LogP contribution is 2.34. The molecule has 0 unspecified atom stereocenters. The van der Waals surface area contributed by atoms with Gasteiger partial charge < -0.3 is 0 Å². The average molecular weight is 150 g/mol. The lowest BCUT2D eigenvalue weighted by Gasteiger charge is -2.12. The molecule has 0 heterocycles. The molecular weight excluding hydrogens is 143 g/mol. The van der Waals surface area contributed by atoms with Crippen LogP contribution < -0.4 is 0 Å². The first kappa shape index (κ1) is 11.4. The number of hydrogen-bond donors (Lipinski definition) is 0. The molecule has 0 atom stereocenters. The number of hydrogen-bond acceptors (Lipinski definition) is 0. The highest BCUT2D eigenvalue weighted by Gasteiger charge is 2.52. The van der Waals surface area contributed by atoms with Gasteiger partial charge in [-0.05, 0) is 0 Å². The van der Waals surface area contributed by atoms with Crippen LogP contribution in [0.4, 0.5) is 22.0 Å². The number of alkyl halides is 5. The van der Waals surface area contributed by atoms with Crippen LogP contribution >= 0.6 is 0 Å². The first-order valence-electron chi connectivity index (χ1n) is 1.69. The van der Waals surface area contributed by atoms with E-state index >= 15 is 0 Å². The van der Waals surface area contributed by atoms with E-state index in [2.05, 4.69) is 0 Å². The average Bonchev–Trinajstić information content (AvgIpc) is 1.25.